The Balaban J connectivity index is 1.33. The van der Waals surface area contributed by atoms with Crippen molar-refractivity contribution in [1.29, 1.82) is 0 Å². The summed E-state index contributed by atoms with van der Waals surface area (Å²) in [4.78, 5) is 25.9. The van der Waals surface area contributed by atoms with E-state index in [9.17, 15) is 4.79 Å². The van der Waals surface area contributed by atoms with E-state index in [1.807, 2.05) is 6.92 Å². The molecule has 1 amide bonds. The molecule has 1 saturated heterocycles. The fourth-order valence-corrected chi connectivity index (χ4v) is 6.34. The maximum atomic E-state index is 12.1. The predicted octanol–water partition coefficient (Wildman–Crippen LogP) is 2.69. The van der Waals surface area contributed by atoms with Gasteiger partial charge in [-0.25, -0.2) is 9.97 Å². The SMILES string of the molecule is CC1(C(N)=O)CCc2sc3ncnc(OC4CCC(N5CCOCC5)CC4)c3c2C1. The van der Waals surface area contributed by atoms with Crippen molar-refractivity contribution in [2.45, 2.75) is 64.0 Å². The molecular weight excluding hydrogens is 400 g/mol. The maximum absolute atomic E-state index is 12.1. The Labute approximate surface area is 181 Å². The summed E-state index contributed by atoms with van der Waals surface area (Å²) in [7, 11) is 0. The summed E-state index contributed by atoms with van der Waals surface area (Å²) in [6.07, 6.45) is 8.47. The summed E-state index contributed by atoms with van der Waals surface area (Å²) in [5.41, 5.74) is 6.38. The van der Waals surface area contributed by atoms with Crippen molar-refractivity contribution in [3.05, 3.63) is 16.8 Å². The summed E-state index contributed by atoms with van der Waals surface area (Å²) in [5, 5.41) is 1.000. The number of aromatic nitrogens is 2. The standard InChI is InChI=1S/C22H30N4O3S/c1-22(21(23)27)7-6-17-16(12-22)18-19(24-13-25-20(18)30-17)29-15-4-2-14(3-5-15)26-8-10-28-11-9-26/h13-15H,2-12H2,1H3,(H2,23,27). The largest absolute Gasteiger partial charge is 0.474 e. The molecule has 0 radical (unpaired) electrons. The van der Waals surface area contributed by atoms with Gasteiger partial charge in [0.25, 0.3) is 0 Å². The van der Waals surface area contributed by atoms with Crippen molar-refractivity contribution in [3.63, 3.8) is 0 Å². The number of thiophene rings is 1. The lowest BCUT2D eigenvalue weighted by Crippen LogP contribution is -2.46. The van der Waals surface area contributed by atoms with Crippen LogP contribution in [0.4, 0.5) is 0 Å². The van der Waals surface area contributed by atoms with E-state index in [-0.39, 0.29) is 12.0 Å². The van der Waals surface area contributed by atoms with Crippen molar-refractivity contribution in [2.75, 3.05) is 26.3 Å². The van der Waals surface area contributed by atoms with Crippen molar-refractivity contribution in [3.8, 4) is 5.88 Å². The van der Waals surface area contributed by atoms with E-state index in [0.29, 0.717) is 18.3 Å². The second-order valence-electron chi connectivity index (χ2n) is 9.16. The minimum Gasteiger partial charge on any atom is -0.474 e. The number of aryl methyl sites for hydroxylation is 1. The number of primary amides is 1. The van der Waals surface area contributed by atoms with Gasteiger partial charge in [0.1, 0.15) is 17.3 Å². The van der Waals surface area contributed by atoms with Crippen LogP contribution in [-0.2, 0) is 22.4 Å². The number of nitrogens with two attached hydrogens (primary N) is 1. The molecule has 7 nitrogen and oxygen atoms in total. The molecule has 1 atom stereocenters. The maximum Gasteiger partial charge on any atom is 0.225 e. The average molecular weight is 431 g/mol. The van der Waals surface area contributed by atoms with Crippen LogP contribution in [0.25, 0.3) is 10.2 Å². The van der Waals surface area contributed by atoms with Crippen molar-refractivity contribution in [2.24, 2.45) is 11.1 Å². The number of amides is 1. The summed E-state index contributed by atoms with van der Waals surface area (Å²) in [5.74, 6) is 0.453. The van der Waals surface area contributed by atoms with Crippen LogP contribution in [0.2, 0.25) is 0 Å². The summed E-state index contributed by atoms with van der Waals surface area (Å²) >= 11 is 1.71. The molecule has 0 aromatic carbocycles. The third kappa shape index (κ3) is 3.69. The third-order valence-corrected chi connectivity index (χ3v) is 8.39. The van der Waals surface area contributed by atoms with Gasteiger partial charge in [-0.15, -0.1) is 11.3 Å². The Hall–Kier alpha value is -1.77. The molecule has 2 aliphatic carbocycles. The number of hydrogen-bond acceptors (Lipinski definition) is 7. The first kappa shape index (κ1) is 20.2. The lowest BCUT2D eigenvalue weighted by molar-refractivity contribution is -0.127. The molecule has 30 heavy (non-hydrogen) atoms. The van der Waals surface area contributed by atoms with Crippen LogP contribution in [0.3, 0.4) is 0 Å². The third-order valence-electron chi connectivity index (χ3n) is 7.19. The second kappa shape index (κ2) is 8.05. The number of morpholine rings is 1. The van der Waals surface area contributed by atoms with Gasteiger partial charge in [0.2, 0.25) is 11.8 Å². The van der Waals surface area contributed by atoms with Crippen LogP contribution >= 0.6 is 11.3 Å². The minimum atomic E-state index is -0.510. The Morgan fingerprint density at radius 1 is 1.27 bits per heavy atom. The first-order chi connectivity index (χ1) is 14.5. The molecule has 1 unspecified atom stereocenters. The lowest BCUT2D eigenvalue weighted by atomic mass is 9.74. The fraction of sp³-hybridized carbons (Fsp3) is 0.682. The molecule has 3 heterocycles. The summed E-state index contributed by atoms with van der Waals surface area (Å²) in [6.45, 7) is 5.76. The van der Waals surface area contributed by atoms with Gasteiger partial charge >= 0.3 is 0 Å². The van der Waals surface area contributed by atoms with Crippen molar-refractivity contribution in [1.82, 2.24) is 14.9 Å². The number of fused-ring (bicyclic) bond motifs is 3. The zero-order valence-corrected chi connectivity index (χ0v) is 18.4. The molecule has 0 bridgehead atoms. The van der Waals surface area contributed by atoms with Gasteiger partial charge in [-0.05, 0) is 50.5 Å². The van der Waals surface area contributed by atoms with E-state index in [1.54, 1.807) is 17.7 Å². The zero-order chi connectivity index (χ0) is 20.7. The highest BCUT2D eigenvalue weighted by atomic mass is 32.1. The van der Waals surface area contributed by atoms with Gasteiger partial charge in [-0.1, -0.05) is 6.92 Å². The van der Waals surface area contributed by atoms with E-state index in [2.05, 4.69) is 14.9 Å². The van der Waals surface area contributed by atoms with Crippen LogP contribution in [0.5, 0.6) is 5.88 Å². The molecule has 1 aliphatic heterocycles. The molecular formula is C22H30N4O3S. The van der Waals surface area contributed by atoms with Crippen LogP contribution in [-0.4, -0.2) is 59.2 Å². The number of ether oxygens (including phenoxy) is 2. The monoisotopic (exact) mass is 430 g/mol. The van der Waals surface area contributed by atoms with Gasteiger partial charge in [-0.3, -0.25) is 9.69 Å². The highest BCUT2D eigenvalue weighted by molar-refractivity contribution is 7.18. The van der Waals surface area contributed by atoms with E-state index in [4.69, 9.17) is 15.2 Å². The number of rotatable bonds is 4. The quantitative estimate of drug-likeness (QED) is 0.802. The molecule has 2 aromatic rings. The van der Waals surface area contributed by atoms with Crippen LogP contribution in [0, 0.1) is 5.41 Å². The minimum absolute atomic E-state index is 0.182. The molecule has 8 heteroatoms. The van der Waals surface area contributed by atoms with E-state index in [1.165, 1.54) is 10.4 Å². The van der Waals surface area contributed by atoms with E-state index in [0.717, 1.165) is 75.0 Å². The first-order valence-corrected chi connectivity index (χ1v) is 11.9. The molecule has 3 aliphatic rings. The molecule has 2 N–H and O–H groups in total. The summed E-state index contributed by atoms with van der Waals surface area (Å²) in [6, 6.07) is 0.643. The Bertz CT molecular complexity index is 934. The van der Waals surface area contributed by atoms with Crippen molar-refractivity contribution >= 4 is 27.5 Å². The van der Waals surface area contributed by atoms with E-state index >= 15 is 0 Å². The molecule has 2 aromatic heterocycles. The topological polar surface area (TPSA) is 90.6 Å². The van der Waals surface area contributed by atoms with Crippen LogP contribution < -0.4 is 10.5 Å². The van der Waals surface area contributed by atoms with Gasteiger partial charge in [0.05, 0.1) is 24.0 Å². The molecule has 0 spiro atoms. The second-order valence-corrected chi connectivity index (χ2v) is 10.2. The normalized spacial score (nSPS) is 30.2. The molecule has 2 fully saturated rings. The highest BCUT2D eigenvalue weighted by Gasteiger charge is 2.38. The molecule has 1 saturated carbocycles. The smallest absolute Gasteiger partial charge is 0.225 e. The average Bonchev–Trinajstić information content (AvgIpc) is 3.13. The predicted molar refractivity (Wildman–Crippen MR) is 116 cm³/mol. The first-order valence-electron chi connectivity index (χ1n) is 11.1. The number of carbonyl (C=O) groups is 1. The zero-order valence-electron chi connectivity index (χ0n) is 17.6. The van der Waals surface area contributed by atoms with Gasteiger partial charge in [-0.2, -0.15) is 0 Å². The van der Waals surface area contributed by atoms with Crippen LogP contribution in [0.15, 0.2) is 6.33 Å². The van der Waals surface area contributed by atoms with Crippen LogP contribution in [0.1, 0.15) is 49.5 Å². The lowest BCUT2D eigenvalue weighted by Gasteiger charge is -2.38. The van der Waals surface area contributed by atoms with Crippen molar-refractivity contribution < 1.29 is 14.3 Å². The van der Waals surface area contributed by atoms with Gasteiger partial charge in [0.15, 0.2) is 0 Å². The Morgan fingerprint density at radius 3 is 2.77 bits per heavy atom. The van der Waals surface area contributed by atoms with Gasteiger partial charge in [0, 0.05) is 24.0 Å². The Morgan fingerprint density at radius 2 is 2.03 bits per heavy atom. The van der Waals surface area contributed by atoms with Gasteiger partial charge < -0.3 is 15.2 Å². The fourth-order valence-electron chi connectivity index (χ4n) is 5.19. The number of hydrogen-bond donors (Lipinski definition) is 1. The van der Waals surface area contributed by atoms with E-state index < -0.39 is 5.41 Å². The number of carbonyl (C=O) groups excluding carboxylic acids is 1. The molecule has 162 valence electrons. The highest BCUT2D eigenvalue weighted by Crippen LogP contribution is 2.45. The Kier molecular flexibility index (Phi) is 5.41. The number of nitrogens with zero attached hydrogens (tertiary/aromatic N) is 3. The molecule has 5 rings (SSSR count). The summed E-state index contributed by atoms with van der Waals surface area (Å²) < 4.78 is 11.9.